The molecule has 5 heteroatoms. The van der Waals surface area contributed by atoms with Gasteiger partial charge in [0.25, 0.3) is 5.79 Å². The maximum atomic E-state index is 12.2. The molecule has 0 heterocycles. The fourth-order valence-corrected chi connectivity index (χ4v) is 2.08. The van der Waals surface area contributed by atoms with Crippen LogP contribution >= 0.6 is 0 Å². The minimum absolute atomic E-state index is 0.291. The first-order chi connectivity index (χ1) is 10.3. The summed E-state index contributed by atoms with van der Waals surface area (Å²) >= 11 is 0. The lowest BCUT2D eigenvalue weighted by molar-refractivity contribution is -0.250. The number of carbonyl (C=O) groups is 1. The topological polar surface area (TPSA) is 54.0 Å². The highest BCUT2D eigenvalue weighted by Gasteiger charge is 2.44. The molecule has 0 N–H and O–H groups in total. The van der Waals surface area contributed by atoms with Gasteiger partial charge in [-0.15, -0.1) is 0 Å². The molecule has 0 aliphatic heterocycles. The highest BCUT2D eigenvalue weighted by atomic mass is 16.7. The zero-order chi connectivity index (χ0) is 16.8. The van der Waals surface area contributed by atoms with Crippen LogP contribution in [0.4, 0.5) is 0 Å². The molecule has 5 nitrogen and oxygen atoms in total. The van der Waals surface area contributed by atoms with Crippen molar-refractivity contribution in [2.24, 2.45) is 0 Å². The maximum Gasteiger partial charge on any atom is 0.371 e. The molecule has 0 aromatic heterocycles. The summed E-state index contributed by atoms with van der Waals surface area (Å²) in [6.07, 6.45) is 0. The fraction of sp³-hybridized carbons (Fsp3) is 0.588. The van der Waals surface area contributed by atoms with Gasteiger partial charge >= 0.3 is 5.97 Å². The van der Waals surface area contributed by atoms with E-state index in [0.717, 1.165) is 0 Å². The van der Waals surface area contributed by atoms with Crippen LogP contribution in [0.1, 0.15) is 40.2 Å². The minimum Gasteiger partial charge on any atom is -0.488 e. The van der Waals surface area contributed by atoms with Crippen LogP contribution in [0.2, 0.25) is 0 Å². The van der Waals surface area contributed by atoms with Gasteiger partial charge in [0, 0.05) is 18.8 Å². The Morgan fingerprint density at radius 2 is 1.50 bits per heavy atom. The third kappa shape index (κ3) is 4.45. The minimum atomic E-state index is -1.54. The quantitative estimate of drug-likeness (QED) is 0.571. The molecule has 0 saturated carbocycles. The average Bonchev–Trinajstić information content (AvgIpc) is 2.45. The van der Waals surface area contributed by atoms with Crippen molar-refractivity contribution in [1.82, 2.24) is 0 Å². The average molecular weight is 310 g/mol. The molecular formula is C17H26O5. The van der Waals surface area contributed by atoms with E-state index in [-0.39, 0.29) is 5.60 Å². The Morgan fingerprint density at radius 1 is 1.00 bits per heavy atom. The number of rotatable bonds is 7. The molecule has 0 spiro atoms. The third-order valence-electron chi connectivity index (χ3n) is 2.81. The van der Waals surface area contributed by atoms with Crippen molar-refractivity contribution in [2.75, 3.05) is 20.3 Å². The van der Waals surface area contributed by atoms with Crippen LogP contribution in [-0.2, 0) is 24.8 Å². The zero-order valence-corrected chi connectivity index (χ0v) is 14.3. The highest BCUT2D eigenvalue weighted by molar-refractivity contribution is 5.79. The van der Waals surface area contributed by atoms with Crippen LogP contribution in [0.15, 0.2) is 24.3 Å². The normalized spacial score (nSPS) is 12.1. The number of ether oxygens (including phenoxy) is 4. The second-order valence-electron chi connectivity index (χ2n) is 5.71. The molecular weight excluding hydrogens is 284 g/mol. The predicted octanol–water partition coefficient (Wildman–Crippen LogP) is 3.26. The van der Waals surface area contributed by atoms with Gasteiger partial charge in [-0.2, -0.15) is 0 Å². The molecule has 0 radical (unpaired) electrons. The number of methoxy groups -OCH3 is 1. The van der Waals surface area contributed by atoms with Gasteiger partial charge in [-0.25, -0.2) is 4.79 Å². The molecule has 0 aliphatic carbocycles. The lowest BCUT2D eigenvalue weighted by Gasteiger charge is -2.30. The summed E-state index contributed by atoms with van der Waals surface area (Å²) in [6.45, 7) is 10.1. The van der Waals surface area contributed by atoms with E-state index in [1.54, 1.807) is 38.1 Å². The van der Waals surface area contributed by atoms with E-state index >= 15 is 0 Å². The van der Waals surface area contributed by atoms with E-state index in [1.165, 1.54) is 7.11 Å². The molecule has 124 valence electrons. The Balaban J connectivity index is 3.16. The van der Waals surface area contributed by atoms with Gasteiger partial charge in [-0.3, -0.25) is 0 Å². The molecule has 0 atom stereocenters. The predicted molar refractivity (Wildman–Crippen MR) is 83.8 cm³/mol. The van der Waals surface area contributed by atoms with E-state index in [2.05, 4.69) is 0 Å². The SMILES string of the molecule is CCOC(OCC)(C(=O)OC)c1ccc(OC(C)(C)C)cc1. The van der Waals surface area contributed by atoms with Gasteiger partial charge in [0.1, 0.15) is 11.4 Å². The second-order valence-corrected chi connectivity index (χ2v) is 5.71. The number of carbonyl (C=O) groups excluding carboxylic acids is 1. The van der Waals surface area contributed by atoms with Crippen LogP contribution < -0.4 is 4.74 Å². The number of esters is 1. The third-order valence-corrected chi connectivity index (χ3v) is 2.81. The Morgan fingerprint density at radius 3 is 1.86 bits per heavy atom. The van der Waals surface area contributed by atoms with Crippen molar-refractivity contribution in [3.8, 4) is 5.75 Å². The summed E-state index contributed by atoms with van der Waals surface area (Å²) in [6, 6.07) is 7.08. The van der Waals surface area contributed by atoms with Crippen molar-refractivity contribution in [3.63, 3.8) is 0 Å². The summed E-state index contributed by atoms with van der Waals surface area (Å²) in [5, 5.41) is 0. The summed E-state index contributed by atoms with van der Waals surface area (Å²) in [4.78, 5) is 12.2. The first-order valence-electron chi connectivity index (χ1n) is 7.45. The molecule has 0 saturated heterocycles. The first kappa shape index (κ1) is 18.5. The van der Waals surface area contributed by atoms with Gasteiger partial charge in [0.15, 0.2) is 0 Å². The van der Waals surface area contributed by atoms with Crippen LogP contribution in [-0.4, -0.2) is 31.9 Å². The van der Waals surface area contributed by atoms with E-state index in [4.69, 9.17) is 18.9 Å². The molecule has 22 heavy (non-hydrogen) atoms. The molecule has 1 aromatic rings. The molecule has 1 rings (SSSR count). The Hall–Kier alpha value is -1.59. The summed E-state index contributed by atoms with van der Waals surface area (Å²) < 4.78 is 21.9. The lowest BCUT2D eigenvalue weighted by Crippen LogP contribution is -2.42. The molecule has 0 fully saturated rings. The fourth-order valence-electron chi connectivity index (χ4n) is 2.08. The molecule has 0 unspecified atom stereocenters. The van der Waals surface area contributed by atoms with Crippen molar-refractivity contribution in [2.45, 2.75) is 46.0 Å². The van der Waals surface area contributed by atoms with Crippen molar-refractivity contribution >= 4 is 5.97 Å². The van der Waals surface area contributed by atoms with Crippen molar-refractivity contribution < 1.29 is 23.7 Å². The summed E-state index contributed by atoms with van der Waals surface area (Å²) in [5.41, 5.74) is 0.283. The van der Waals surface area contributed by atoms with Gasteiger partial charge < -0.3 is 18.9 Å². The monoisotopic (exact) mass is 310 g/mol. The second kappa shape index (κ2) is 7.61. The highest BCUT2D eigenvalue weighted by Crippen LogP contribution is 2.31. The molecule has 0 bridgehead atoms. The number of hydrogen-bond donors (Lipinski definition) is 0. The van der Waals surface area contributed by atoms with E-state index < -0.39 is 11.8 Å². The Kier molecular flexibility index (Phi) is 6.38. The number of hydrogen-bond acceptors (Lipinski definition) is 5. The molecule has 0 amide bonds. The van der Waals surface area contributed by atoms with Gasteiger partial charge in [0.05, 0.1) is 7.11 Å². The van der Waals surface area contributed by atoms with Crippen molar-refractivity contribution in [3.05, 3.63) is 29.8 Å². The molecule has 1 aromatic carbocycles. The van der Waals surface area contributed by atoms with Crippen molar-refractivity contribution in [1.29, 1.82) is 0 Å². The molecule has 0 aliphatic rings. The van der Waals surface area contributed by atoms with E-state index in [9.17, 15) is 4.79 Å². The Bertz CT molecular complexity index is 467. The maximum absolute atomic E-state index is 12.2. The van der Waals surface area contributed by atoms with Crippen LogP contribution in [0.25, 0.3) is 0 Å². The van der Waals surface area contributed by atoms with Gasteiger partial charge in [0.2, 0.25) is 0 Å². The van der Waals surface area contributed by atoms with Crippen LogP contribution in [0.5, 0.6) is 5.75 Å². The van der Waals surface area contributed by atoms with Gasteiger partial charge in [-0.05, 0) is 58.9 Å². The first-order valence-corrected chi connectivity index (χ1v) is 7.45. The van der Waals surface area contributed by atoms with Crippen LogP contribution in [0, 0.1) is 0 Å². The van der Waals surface area contributed by atoms with E-state index in [1.807, 2.05) is 20.8 Å². The van der Waals surface area contributed by atoms with Crippen LogP contribution in [0.3, 0.4) is 0 Å². The lowest BCUT2D eigenvalue weighted by atomic mass is 10.0. The summed E-state index contributed by atoms with van der Waals surface area (Å²) in [7, 11) is 1.31. The smallest absolute Gasteiger partial charge is 0.371 e. The van der Waals surface area contributed by atoms with Gasteiger partial charge in [-0.1, -0.05) is 0 Å². The number of benzene rings is 1. The largest absolute Gasteiger partial charge is 0.488 e. The zero-order valence-electron chi connectivity index (χ0n) is 14.3. The summed E-state index contributed by atoms with van der Waals surface area (Å²) in [5.74, 6) is -1.41. The Labute approximate surface area is 132 Å². The standard InChI is InChI=1S/C17H26O5/c1-7-20-17(21-8-2,15(18)19-6)13-9-11-14(12-10-13)22-16(3,4)5/h9-12H,7-8H2,1-6H3. The van der Waals surface area contributed by atoms with E-state index in [0.29, 0.717) is 24.5 Å².